The maximum absolute atomic E-state index is 14.9. The van der Waals surface area contributed by atoms with Crippen molar-refractivity contribution in [1.82, 2.24) is 36.0 Å². The number of aromatic nitrogens is 5. The van der Waals surface area contributed by atoms with Gasteiger partial charge in [-0.2, -0.15) is 10.1 Å². The predicted molar refractivity (Wildman–Crippen MR) is 132 cm³/mol. The van der Waals surface area contributed by atoms with Crippen LogP contribution in [0.5, 0.6) is 0 Å². The summed E-state index contributed by atoms with van der Waals surface area (Å²) < 4.78 is 20.3. The Morgan fingerprint density at radius 3 is 2.84 bits per heavy atom. The zero-order valence-corrected chi connectivity index (χ0v) is 19.6. The van der Waals surface area contributed by atoms with Crippen LogP contribution in [-0.2, 0) is 4.79 Å². The molecular formula is C25H23FN8O3. The van der Waals surface area contributed by atoms with E-state index in [1.165, 1.54) is 24.3 Å². The summed E-state index contributed by atoms with van der Waals surface area (Å²) in [4.78, 5) is 33.0. The van der Waals surface area contributed by atoms with Gasteiger partial charge in [-0.3, -0.25) is 14.7 Å². The van der Waals surface area contributed by atoms with Gasteiger partial charge in [0, 0.05) is 30.9 Å². The van der Waals surface area contributed by atoms with Crippen molar-refractivity contribution in [1.29, 1.82) is 0 Å². The number of halogens is 1. The Morgan fingerprint density at radius 1 is 1.16 bits per heavy atom. The molecule has 1 saturated heterocycles. The van der Waals surface area contributed by atoms with Gasteiger partial charge in [0.15, 0.2) is 0 Å². The van der Waals surface area contributed by atoms with E-state index in [0.29, 0.717) is 42.4 Å². The second-order valence-corrected chi connectivity index (χ2v) is 8.48. The molecule has 0 radical (unpaired) electrons. The van der Waals surface area contributed by atoms with E-state index in [0.717, 1.165) is 0 Å². The first-order valence-corrected chi connectivity index (χ1v) is 11.6. The number of anilines is 1. The molecule has 0 bridgehead atoms. The SMILES string of the molecule is C=CC(=O)N[C@@H]1CNC[C@H](c2nc(-c3ccc(NC(=O)c4cccc(-c5ccn[nH]5)n4)c(F)c3)no2)C1. The Hall–Kier alpha value is -4.71. The maximum atomic E-state index is 14.9. The number of rotatable bonds is 7. The highest BCUT2D eigenvalue weighted by molar-refractivity contribution is 6.03. The number of aromatic amines is 1. The smallest absolute Gasteiger partial charge is 0.274 e. The highest BCUT2D eigenvalue weighted by Gasteiger charge is 2.28. The van der Waals surface area contributed by atoms with Crippen molar-refractivity contribution < 1.29 is 18.5 Å². The van der Waals surface area contributed by atoms with Gasteiger partial charge in [-0.05, 0) is 48.9 Å². The van der Waals surface area contributed by atoms with Crippen LogP contribution in [0.4, 0.5) is 10.1 Å². The molecule has 0 saturated carbocycles. The van der Waals surface area contributed by atoms with Crippen LogP contribution in [0.25, 0.3) is 22.8 Å². The lowest BCUT2D eigenvalue weighted by Gasteiger charge is -2.28. The summed E-state index contributed by atoms with van der Waals surface area (Å²) in [6, 6.07) is 10.8. The molecule has 5 rings (SSSR count). The van der Waals surface area contributed by atoms with Crippen LogP contribution in [0.1, 0.15) is 28.7 Å². The van der Waals surface area contributed by atoms with Crippen molar-refractivity contribution in [3.8, 4) is 22.8 Å². The average Bonchev–Trinajstić information content (AvgIpc) is 3.63. The number of hydrogen-bond donors (Lipinski definition) is 4. The number of nitrogens with one attached hydrogen (secondary N) is 4. The monoisotopic (exact) mass is 502 g/mol. The first-order valence-electron chi connectivity index (χ1n) is 11.6. The summed E-state index contributed by atoms with van der Waals surface area (Å²) in [6.07, 6.45) is 3.42. The first-order chi connectivity index (χ1) is 18.0. The molecule has 2 atom stereocenters. The lowest BCUT2D eigenvalue weighted by Crippen LogP contribution is -2.47. The fraction of sp³-hybridized carbons (Fsp3) is 0.200. The number of pyridine rings is 1. The molecule has 3 aromatic heterocycles. The van der Waals surface area contributed by atoms with Crippen LogP contribution in [0.2, 0.25) is 0 Å². The zero-order chi connectivity index (χ0) is 25.8. The summed E-state index contributed by atoms with van der Waals surface area (Å²) in [5.74, 6) is -0.966. The number of nitrogens with zero attached hydrogens (tertiary/aromatic N) is 4. The average molecular weight is 503 g/mol. The number of hydrogen-bond acceptors (Lipinski definition) is 8. The number of carbonyl (C=O) groups excluding carboxylic acids is 2. The molecule has 0 unspecified atom stereocenters. The van der Waals surface area contributed by atoms with E-state index >= 15 is 0 Å². The molecule has 1 fully saturated rings. The molecule has 1 aliphatic rings. The Kier molecular flexibility index (Phi) is 6.81. The second-order valence-electron chi connectivity index (χ2n) is 8.48. The third-order valence-electron chi connectivity index (χ3n) is 5.91. The molecule has 4 heterocycles. The maximum Gasteiger partial charge on any atom is 0.274 e. The third-order valence-corrected chi connectivity index (χ3v) is 5.91. The number of carbonyl (C=O) groups is 2. The van der Waals surface area contributed by atoms with Gasteiger partial charge in [0.1, 0.15) is 11.5 Å². The lowest BCUT2D eigenvalue weighted by molar-refractivity contribution is -0.117. The van der Waals surface area contributed by atoms with Gasteiger partial charge in [0.2, 0.25) is 17.6 Å². The van der Waals surface area contributed by atoms with E-state index in [1.54, 1.807) is 30.5 Å². The predicted octanol–water partition coefficient (Wildman–Crippen LogP) is 2.66. The highest BCUT2D eigenvalue weighted by Crippen LogP contribution is 2.27. The molecular weight excluding hydrogens is 479 g/mol. The van der Waals surface area contributed by atoms with Crippen LogP contribution in [0.3, 0.4) is 0 Å². The molecule has 12 heteroatoms. The quantitative estimate of drug-likeness (QED) is 0.282. The second kappa shape index (κ2) is 10.5. The lowest BCUT2D eigenvalue weighted by atomic mass is 9.95. The van der Waals surface area contributed by atoms with Crippen LogP contribution in [-0.4, -0.2) is 56.3 Å². The highest BCUT2D eigenvalue weighted by atomic mass is 19.1. The Labute approximate surface area is 210 Å². The van der Waals surface area contributed by atoms with Crippen LogP contribution >= 0.6 is 0 Å². The Morgan fingerprint density at radius 2 is 2.05 bits per heavy atom. The van der Waals surface area contributed by atoms with Crippen LogP contribution in [0.15, 0.2) is 65.8 Å². The minimum absolute atomic E-state index is 0.0107. The molecule has 2 amide bonds. The largest absolute Gasteiger partial charge is 0.349 e. The van der Waals surface area contributed by atoms with E-state index in [9.17, 15) is 14.0 Å². The summed E-state index contributed by atoms with van der Waals surface area (Å²) >= 11 is 0. The fourth-order valence-corrected chi connectivity index (χ4v) is 4.07. The molecule has 4 aromatic rings. The Bertz CT molecular complexity index is 1440. The molecule has 4 N–H and O–H groups in total. The Balaban J connectivity index is 1.27. The number of H-pyrrole nitrogens is 1. The van der Waals surface area contributed by atoms with Gasteiger partial charge in [0.05, 0.1) is 23.0 Å². The van der Waals surface area contributed by atoms with E-state index < -0.39 is 11.7 Å². The van der Waals surface area contributed by atoms with E-state index in [4.69, 9.17) is 4.52 Å². The molecule has 0 aliphatic carbocycles. The summed E-state index contributed by atoms with van der Waals surface area (Å²) in [7, 11) is 0. The van der Waals surface area contributed by atoms with E-state index in [-0.39, 0.29) is 35.1 Å². The van der Waals surface area contributed by atoms with Gasteiger partial charge in [-0.1, -0.05) is 17.8 Å². The molecule has 188 valence electrons. The third kappa shape index (κ3) is 5.43. The van der Waals surface area contributed by atoms with Gasteiger partial charge in [-0.25, -0.2) is 9.37 Å². The minimum Gasteiger partial charge on any atom is -0.349 e. The normalized spacial score (nSPS) is 17.2. The molecule has 1 aliphatic heterocycles. The summed E-state index contributed by atoms with van der Waals surface area (Å²) in [5, 5.41) is 19.3. The topological polar surface area (TPSA) is 151 Å². The van der Waals surface area contributed by atoms with Gasteiger partial charge in [0.25, 0.3) is 5.91 Å². The van der Waals surface area contributed by atoms with E-state index in [1.807, 2.05) is 0 Å². The summed E-state index contributed by atoms with van der Waals surface area (Å²) in [6.45, 7) is 4.70. The number of amides is 2. The van der Waals surface area contributed by atoms with Crippen LogP contribution < -0.4 is 16.0 Å². The van der Waals surface area contributed by atoms with Crippen molar-refractivity contribution in [3.05, 3.63) is 78.7 Å². The molecule has 37 heavy (non-hydrogen) atoms. The number of benzene rings is 1. The van der Waals surface area contributed by atoms with Crippen molar-refractivity contribution in [2.45, 2.75) is 18.4 Å². The van der Waals surface area contributed by atoms with E-state index in [2.05, 4.69) is 47.9 Å². The van der Waals surface area contributed by atoms with Gasteiger partial charge < -0.3 is 20.5 Å². The van der Waals surface area contributed by atoms with Crippen molar-refractivity contribution >= 4 is 17.5 Å². The van der Waals surface area contributed by atoms with Gasteiger partial charge in [-0.15, -0.1) is 0 Å². The van der Waals surface area contributed by atoms with Crippen molar-refractivity contribution in [2.24, 2.45) is 0 Å². The first kappa shape index (κ1) is 24.0. The zero-order valence-electron chi connectivity index (χ0n) is 19.6. The van der Waals surface area contributed by atoms with Crippen molar-refractivity contribution in [3.63, 3.8) is 0 Å². The van der Waals surface area contributed by atoms with Gasteiger partial charge >= 0.3 is 0 Å². The van der Waals surface area contributed by atoms with Crippen molar-refractivity contribution in [2.75, 3.05) is 18.4 Å². The fourth-order valence-electron chi connectivity index (χ4n) is 4.07. The standard InChI is InChI=1S/C25H23FN8O3/c1-2-22(35)29-16-10-15(12-27-13-16)25-32-23(34-37-25)14-6-7-18(17(26)11-14)31-24(36)21-5-3-4-19(30-21)20-8-9-28-33-20/h2-9,11,15-16,27H,1,10,12-13H2,(H,28,33)(H,29,35)(H,31,36)/t15-,16+/m1/s1. The van der Waals surface area contributed by atoms with Crippen LogP contribution in [0, 0.1) is 5.82 Å². The number of piperidine rings is 1. The summed E-state index contributed by atoms with van der Waals surface area (Å²) in [5.41, 5.74) is 1.71. The molecule has 1 aromatic carbocycles. The molecule has 11 nitrogen and oxygen atoms in total. The molecule has 0 spiro atoms. The minimum atomic E-state index is -0.659.